The van der Waals surface area contributed by atoms with Gasteiger partial charge in [0.2, 0.25) is 0 Å². The van der Waals surface area contributed by atoms with Crippen molar-refractivity contribution in [3.05, 3.63) is 46.4 Å². The maximum Gasteiger partial charge on any atom is 0.0846 e. The quantitative estimate of drug-likeness (QED) is 0.830. The van der Waals surface area contributed by atoms with E-state index in [0.29, 0.717) is 0 Å². The number of rotatable bonds is 1. The van der Waals surface area contributed by atoms with Crippen LogP contribution in [0.1, 0.15) is 19.4 Å². The molecule has 1 N–H and O–H groups in total. The van der Waals surface area contributed by atoms with Gasteiger partial charge in [-0.3, -0.25) is 0 Å². The molecule has 0 unspecified atom stereocenters. The van der Waals surface area contributed by atoms with Gasteiger partial charge >= 0.3 is 0 Å². The molecule has 0 fully saturated rings. The van der Waals surface area contributed by atoms with E-state index in [1.54, 1.807) is 0 Å². The Labute approximate surface area is 97.9 Å². The molecule has 0 bridgehead atoms. The molecule has 0 spiro atoms. The number of benzene rings is 2. The van der Waals surface area contributed by atoms with E-state index in [0.717, 1.165) is 20.8 Å². The minimum Gasteiger partial charge on any atom is -0.386 e. The van der Waals surface area contributed by atoms with E-state index in [-0.39, 0.29) is 0 Å². The molecule has 2 heteroatoms. The van der Waals surface area contributed by atoms with Crippen LogP contribution in [-0.4, -0.2) is 5.11 Å². The lowest BCUT2D eigenvalue weighted by Gasteiger charge is -2.20. The van der Waals surface area contributed by atoms with E-state index < -0.39 is 5.60 Å². The van der Waals surface area contributed by atoms with Crippen LogP contribution in [0.25, 0.3) is 10.8 Å². The molecule has 2 aromatic rings. The molecule has 0 amide bonds. The standard InChI is InChI=1S/C13H13BrO/c1-13(2,15)11-7-8-12(14)10-6-4-3-5-9(10)11/h3-8,15H,1-2H3. The first-order chi connectivity index (χ1) is 7.00. The second kappa shape index (κ2) is 3.62. The Balaban J connectivity index is 2.84. The summed E-state index contributed by atoms with van der Waals surface area (Å²) >= 11 is 3.52. The van der Waals surface area contributed by atoms with Gasteiger partial charge in [-0.2, -0.15) is 0 Å². The summed E-state index contributed by atoms with van der Waals surface area (Å²) in [6.45, 7) is 3.62. The maximum atomic E-state index is 10.1. The lowest BCUT2D eigenvalue weighted by atomic mass is 9.93. The summed E-state index contributed by atoms with van der Waals surface area (Å²) in [4.78, 5) is 0. The third kappa shape index (κ3) is 1.92. The Morgan fingerprint density at radius 3 is 2.20 bits per heavy atom. The predicted molar refractivity (Wildman–Crippen MR) is 66.9 cm³/mol. The summed E-state index contributed by atoms with van der Waals surface area (Å²) in [5.74, 6) is 0. The van der Waals surface area contributed by atoms with Gasteiger partial charge in [0, 0.05) is 4.47 Å². The Morgan fingerprint density at radius 1 is 1.00 bits per heavy atom. The molecule has 0 radical (unpaired) electrons. The minimum atomic E-state index is -0.805. The molecule has 0 aromatic heterocycles. The van der Waals surface area contributed by atoms with Crippen molar-refractivity contribution >= 4 is 26.7 Å². The molecule has 2 aromatic carbocycles. The van der Waals surface area contributed by atoms with Crippen molar-refractivity contribution in [3.63, 3.8) is 0 Å². The fourth-order valence-corrected chi connectivity index (χ4v) is 2.27. The van der Waals surface area contributed by atoms with Crippen LogP contribution in [0, 0.1) is 0 Å². The molecule has 0 atom stereocenters. The van der Waals surface area contributed by atoms with Gasteiger partial charge in [-0.25, -0.2) is 0 Å². The van der Waals surface area contributed by atoms with Crippen LogP contribution in [0.4, 0.5) is 0 Å². The molecule has 0 saturated heterocycles. The molecule has 0 heterocycles. The van der Waals surface area contributed by atoms with E-state index in [1.165, 1.54) is 0 Å². The summed E-state index contributed by atoms with van der Waals surface area (Å²) in [6.07, 6.45) is 0. The van der Waals surface area contributed by atoms with Gasteiger partial charge in [-0.05, 0) is 36.2 Å². The van der Waals surface area contributed by atoms with Crippen LogP contribution in [0.15, 0.2) is 40.9 Å². The Hall–Kier alpha value is -0.860. The van der Waals surface area contributed by atoms with Gasteiger partial charge in [-0.1, -0.05) is 46.3 Å². The van der Waals surface area contributed by atoms with E-state index in [1.807, 2.05) is 44.2 Å². The largest absolute Gasteiger partial charge is 0.386 e. The van der Waals surface area contributed by atoms with Crippen LogP contribution < -0.4 is 0 Å². The average Bonchev–Trinajstić information content (AvgIpc) is 2.17. The smallest absolute Gasteiger partial charge is 0.0846 e. The predicted octanol–water partition coefficient (Wildman–Crippen LogP) is 3.83. The molecule has 78 valence electrons. The number of halogens is 1. The van der Waals surface area contributed by atoms with Gasteiger partial charge in [0.1, 0.15) is 0 Å². The highest BCUT2D eigenvalue weighted by molar-refractivity contribution is 9.10. The van der Waals surface area contributed by atoms with Crippen LogP contribution in [0.5, 0.6) is 0 Å². The highest BCUT2D eigenvalue weighted by Gasteiger charge is 2.19. The molecular formula is C13H13BrO. The van der Waals surface area contributed by atoms with Gasteiger partial charge < -0.3 is 5.11 Å². The van der Waals surface area contributed by atoms with Crippen molar-refractivity contribution < 1.29 is 5.11 Å². The molecule has 0 saturated carbocycles. The third-order valence-corrected chi connectivity index (χ3v) is 3.22. The minimum absolute atomic E-state index is 0.805. The van der Waals surface area contributed by atoms with Gasteiger partial charge in [0.15, 0.2) is 0 Å². The summed E-state index contributed by atoms with van der Waals surface area (Å²) in [6, 6.07) is 12.0. The molecule has 0 aliphatic carbocycles. The summed E-state index contributed by atoms with van der Waals surface area (Å²) in [5, 5.41) is 12.3. The first-order valence-electron chi connectivity index (χ1n) is 4.90. The normalized spacial score (nSPS) is 12.0. The second-order valence-corrected chi connectivity index (χ2v) is 5.05. The first kappa shape index (κ1) is 10.7. The van der Waals surface area contributed by atoms with E-state index in [2.05, 4.69) is 22.0 Å². The van der Waals surface area contributed by atoms with E-state index in [4.69, 9.17) is 0 Å². The zero-order valence-corrected chi connectivity index (χ0v) is 10.4. The molecule has 2 rings (SSSR count). The Bertz CT molecular complexity index is 497. The van der Waals surface area contributed by atoms with E-state index in [9.17, 15) is 5.11 Å². The first-order valence-corrected chi connectivity index (χ1v) is 5.69. The van der Waals surface area contributed by atoms with Crippen LogP contribution in [0.2, 0.25) is 0 Å². The molecular weight excluding hydrogens is 252 g/mol. The SMILES string of the molecule is CC(C)(O)c1ccc(Br)c2ccccc12. The van der Waals surface area contributed by atoms with E-state index >= 15 is 0 Å². The van der Waals surface area contributed by atoms with Gasteiger partial charge in [0.25, 0.3) is 0 Å². The molecule has 0 aliphatic heterocycles. The molecule has 0 aliphatic rings. The second-order valence-electron chi connectivity index (χ2n) is 4.20. The topological polar surface area (TPSA) is 20.2 Å². The Morgan fingerprint density at radius 2 is 1.60 bits per heavy atom. The highest BCUT2D eigenvalue weighted by atomic mass is 79.9. The zero-order valence-electron chi connectivity index (χ0n) is 8.79. The summed E-state index contributed by atoms with van der Waals surface area (Å²) in [7, 11) is 0. The number of fused-ring (bicyclic) bond motifs is 1. The lowest BCUT2D eigenvalue weighted by molar-refractivity contribution is 0.0802. The Kier molecular flexibility index (Phi) is 2.57. The summed E-state index contributed by atoms with van der Waals surface area (Å²) in [5.41, 5.74) is 0.154. The van der Waals surface area contributed by atoms with Crippen LogP contribution in [-0.2, 0) is 5.60 Å². The number of hydrogen-bond donors (Lipinski definition) is 1. The lowest BCUT2D eigenvalue weighted by Crippen LogP contribution is -2.15. The fraction of sp³-hybridized carbons (Fsp3) is 0.231. The van der Waals surface area contributed by atoms with Gasteiger partial charge in [-0.15, -0.1) is 0 Å². The number of hydrogen-bond acceptors (Lipinski definition) is 1. The molecule has 15 heavy (non-hydrogen) atoms. The number of aliphatic hydroxyl groups is 1. The van der Waals surface area contributed by atoms with Crippen molar-refractivity contribution in [2.24, 2.45) is 0 Å². The van der Waals surface area contributed by atoms with Crippen LogP contribution >= 0.6 is 15.9 Å². The van der Waals surface area contributed by atoms with Crippen molar-refractivity contribution in [2.75, 3.05) is 0 Å². The average molecular weight is 265 g/mol. The van der Waals surface area contributed by atoms with Crippen molar-refractivity contribution in [1.29, 1.82) is 0 Å². The fourth-order valence-electron chi connectivity index (χ4n) is 1.80. The van der Waals surface area contributed by atoms with Crippen molar-refractivity contribution in [1.82, 2.24) is 0 Å². The summed E-state index contributed by atoms with van der Waals surface area (Å²) < 4.78 is 1.06. The van der Waals surface area contributed by atoms with Crippen molar-refractivity contribution in [3.8, 4) is 0 Å². The third-order valence-electron chi connectivity index (χ3n) is 2.53. The zero-order chi connectivity index (χ0) is 11.1. The monoisotopic (exact) mass is 264 g/mol. The van der Waals surface area contributed by atoms with Crippen LogP contribution in [0.3, 0.4) is 0 Å². The maximum absolute atomic E-state index is 10.1. The molecule has 1 nitrogen and oxygen atoms in total. The van der Waals surface area contributed by atoms with Crippen molar-refractivity contribution in [2.45, 2.75) is 19.4 Å². The van der Waals surface area contributed by atoms with Gasteiger partial charge in [0.05, 0.1) is 5.60 Å². The highest BCUT2D eigenvalue weighted by Crippen LogP contribution is 2.32.